The Morgan fingerprint density at radius 1 is 0.920 bits per heavy atom. The second kappa shape index (κ2) is 12.5. The number of hydrogen-bond donors (Lipinski definition) is 3. The third-order valence-electron chi connectivity index (χ3n) is 15.8. The molecule has 4 saturated carbocycles. The molecule has 3 N–H and O–H groups in total. The van der Waals surface area contributed by atoms with E-state index >= 15 is 0 Å². The Hall–Kier alpha value is -2.67. The fraction of sp³-hybridized carbons (Fsp3) is 0.744. The Morgan fingerprint density at radius 2 is 1.60 bits per heavy atom. The summed E-state index contributed by atoms with van der Waals surface area (Å²) in [6, 6.07) is 10.0. The Balaban J connectivity index is 1.28. The van der Waals surface area contributed by atoms with E-state index in [1.165, 1.54) is 5.57 Å². The highest BCUT2D eigenvalue weighted by Crippen LogP contribution is 2.77. The van der Waals surface area contributed by atoms with E-state index in [1.54, 1.807) is 13.8 Å². The molecular formula is C43H63NO6. The number of benzene rings is 1. The van der Waals surface area contributed by atoms with Gasteiger partial charge < -0.3 is 20.3 Å². The van der Waals surface area contributed by atoms with Crippen LogP contribution >= 0.6 is 0 Å². The van der Waals surface area contributed by atoms with E-state index in [1.807, 2.05) is 30.3 Å². The Labute approximate surface area is 300 Å². The number of para-hydroxylation sites is 1. The summed E-state index contributed by atoms with van der Waals surface area (Å²) in [5, 5.41) is 25.2. The third kappa shape index (κ3) is 5.49. The summed E-state index contributed by atoms with van der Waals surface area (Å²) in [7, 11) is 0. The van der Waals surface area contributed by atoms with Crippen molar-refractivity contribution in [1.29, 1.82) is 0 Å². The van der Waals surface area contributed by atoms with E-state index in [0.717, 1.165) is 62.6 Å². The van der Waals surface area contributed by atoms with Crippen molar-refractivity contribution in [3.63, 3.8) is 0 Å². The number of hydrogen-bond acceptors (Lipinski definition) is 6. The fourth-order valence-electron chi connectivity index (χ4n) is 12.9. The first-order chi connectivity index (χ1) is 23.2. The van der Waals surface area contributed by atoms with Gasteiger partial charge in [0, 0.05) is 29.5 Å². The zero-order valence-corrected chi connectivity index (χ0v) is 32.2. The van der Waals surface area contributed by atoms with Gasteiger partial charge in [-0.25, -0.2) is 0 Å². The van der Waals surface area contributed by atoms with Crippen LogP contribution in [0.1, 0.15) is 127 Å². The lowest BCUT2D eigenvalue weighted by Gasteiger charge is -2.72. The number of aliphatic hydroxyl groups is 1. The van der Waals surface area contributed by atoms with E-state index in [2.05, 4.69) is 53.8 Å². The molecule has 0 heterocycles. The minimum absolute atomic E-state index is 0.00403. The molecule has 0 amide bonds. The molecule has 9 atom stereocenters. The van der Waals surface area contributed by atoms with Crippen molar-refractivity contribution in [2.24, 2.45) is 56.2 Å². The number of carboxylic acids is 1. The van der Waals surface area contributed by atoms with Gasteiger partial charge in [-0.05, 0) is 123 Å². The predicted octanol–water partition coefficient (Wildman–Crippen LogP) is 8.85. The molecule has 0 radical (unpaired) electrons. The first-order valence-electron chi connectivity index (χ1n) is 19.4. The zero-order chi connectivity index (χ0) is 36.7. The number of aliphatic carboxylic acids is 1. The number of rotatable bonds is 9. The highest BCUT2D eigenvalue weighted by Gasteiger charge is 2.70. The second-order valence-corrected chi connectivity index (χ2v) is 19.3. The van der Waals surface area contributed by atoms with E-state index in [9.17, 15) is 24.6 Å². The van der Waals surface area contributed by atoms with E-state index in [4.69, 9.17) is 4.74 Å². The molecule has 0 saturated heterocycles. The van der Waals surface area contributed by atoms with Crippen LogP contribution in [0.4, 0.5) is 5.69 Å². The molecular weight excluding hydrogens is 626 g/mol. The van der Waals surface area contributed by atoms with Gasteiger partial charge >= 0.3 is 11.9 Å². The third-order valence-corrected chi connectivity index (χ3v) is 15.8. The molecule has 0 bridgehead atoms. The summed E-state index contributed by atoms with van der Waals surface area (Å²) in [6.45, 7) is 20.1. The Morgan fingerprint density at radius 3 is 2.24 bits per heavy atom. The first kappa shape index (κ1) is 37.1. The van der Waals surface area contributed by atoms with Crippen molar-refractivity contribution in [3.05, 3.63) is 41.5 Å². The van der Waals surface area contributed by atoms with Gasteiger partial charge in [-0.3, -0.25) is 14.4 Å². The molecule has 276 valence electrons. The van der Waals surface area contributed by atoms with Gasteiger partial charge in [0.15, 0.2) is 5.78 Å². The molecule has 7 heteroatoms. The van der Waals surface area contributed by atoms with Gasteiger partial charge in [0.25, 0.3) is 0 Å². The lowest BCUT2D eigenvalue weighted by molar-refractivity contribution is -0.235. The molecule has 1 aromatic rings. The molecule has 50 heavy (non-hydrogen) atoms. The number of carbonyl (C=O) groups excluding carboxylic acids is 2. The number of carboxylic acid groups (broad SMARTS) is 1. The van der Waals surface area contributed by atoms with Crippen LogP contribution in [0.25, 0.3) is 0 Å². The minimum atomic E-state index is -1.16. The topological polar surface area (TPSA) is 113 Å². The molecule has 0 aliphatic heterocycles. The highest BCUT2D eigenvalue weighted by molar-refractivity contribution is 6.00. The van der Waals surface area contributed by atoms with Crippen molar-refractivity contribution >= 4 is 23.4 Å². The average Bonchev–Trinajstić information content (AvgIpc) is 3.35. The molecule has 5 aliphatic carbocycles. The number of anilines is 1. The molecule has 0 unspecified atom stereocenters. The summed E-state index contributed by atoms with van der Waals surface area (Å²) in [4.78, 5) is 38.8. The number of carbonyl (C=O) groups is 3. The summed E-state index contributed by atoms with van der Waals surface area (Å²) in [6.07, 6.45) is 7.25. The van der Waals surface area contributed by atoms with Gasteiger partial charge in [-0.1, -0.05) is 72.2 Å². The summed E-state index contributed by atoms with van der Waals surface area (Å²) in [5.41, 5.74) is 1.48. The molecule has 0 spiro atoms. The van der Waals surface area contributed by atoms with Crippen molar-refractivity contribution in [1.82, 2.24) is 0 Å². The monoisotopic (exact) mass is 689 g/mol. The van der Waals surface area contributed by atoms with Crippen molar-refractivity contribution in [2.45, 2.75) is 139 Å². The van der Waals surface area contributed by atoms with Crippen molar-refractivity contribution in [3.8, 4) is 0 Å². The second-order valence-electron chi connectivity index (χ2n) is 19.3. The van der Waals surface area contributed by atoms with Crippen LogP contribution in [0.15, 0.2) is 41.5 Å². The van der Waals surface area contributed by atoms with Crippen molar-refractivity contribution < 1.29 is 29.3 Å². The number of ether oxygens (including phenoxy) is 1. The molecule has 4 fully saturated rings. The SMILES string of the molecule is CC(C)C1=C2[C@H]3CC[C@@H]4[C@@]5(C)CC[C@H](OC(=O)CC(C)(C)C(=O)O)C(C)(C)[C@@H]5CC[C@@]4(C)[C@]3(C)CC[C@@]2([C@H](O)CNc2ccccc2)CC1=O. The van der Waals surface area contributed by atoms with E-state index in [-0.39, 0.29) is 51.8 Å². The van der Waals surface area contributed by atoms with Crippen LogP contribution < -0.4 is 5.32 Å². The maximum atomic E-state index is 14.0. The van der Waals surface area contributed by atoms with Crippen LogP contribution in [0.2, 0.25) is 0 Å². The first-order valence-corrected chi connectivity index (χ1v) is 19.4. The number of Topliss-reactive ketones (excluding diaryl/α,β-unsaturated/α-hetero) is 1. The van der Waals surface area contributed by atoms with Crippen LogP contribution in [0.5, 0.6) is 0 Å². The quantitative estimate of drug-likeness (QED) is 0.222. The molecule has 0 aromatic heterocycles. The molecule has 6 rings (SSSR count). The summed E-state index contributed by atoms with van der Waals surface area (Å²) in [5.74, 6) is 0.0818. The van der Waals surface area contributed by atoms with Gasteiger partial charge in [0.1, 0.15) is 6.10 Å². The van der Waals surface area contributed by atoms with Crippen LogP contribution in [-0.4, -0.2) is 46.7 Å². The number of allylic oxidation sites excluding steroid dienone is 1. The standard InChI is InChI=1S/C43H63NO6/c1-26(2)35-29(45)23-43(32(46)25-44-27-13-11-10-12-14-27)22-21-41(8)28(36(35)43)15-16-31-40(7)19-18-33(50-34(47)24-38(3,4)37(48)49)39(5,6)30(40)17-20-42(31,41)9/h10-14,26,28,30-33,44,46H,15-25H2,1-9H3,(H,48,49)/t28-,30+,31-,32-,33+,40+,41-,42-,43+/m1/s1. The lowest BCUT2D eigenvalue weighted by Crippen LogP contribution is -2.66. The molecule has 7 nitrogen and oxygen atoms in total. The number of aliphatic hydroxyl groups excluding tert-OH is 1. The Kier molecular flexibility index (Phi) is 9.26. The average molecular weight is 690 g/mol. The molecule has 1 aromatic carbocycles. The predicted molar refractivity (Wildman–Crippen MR) is 196 cm³/mol. The largest absolute Gasteiger partial charge is 0.481 e. The normalized spacial score (nSPS) is 38.4. The van der Waals surface area contributed by atoms with Gasteiger partial charge in [0.2, 0.25) is 0 Å². The fourth-order valence-corrected chi connectivity index (χ4v) is 12.9. The number of esters is 1. The number of fused-ring (bicyclic) bond motifs is 7. The van der Waals surface area contributed by atoms with Crippen molar-refractivity contribution in [2.75, 3.05) is 11.9 Å². The van der Waals surface area contributed by atoms with Gasteiger partial charge in [0.05, 0.1) is 17.9 Å². The van der Waals surface area contributed by atoms with Crippen LogP contribution in [0.3, 0.4) is 0 Å². The summed E-state index contributed by atoms with van der Waals surface area (Å²) >= 11 is 0. The van der Waals surface area contributed by atoms with E-state index < -0.39 is 28.9 Å². The summed E-state index contributed by atoms with van der Waals surface area (Å²) < 4.78 is 6.16. The number of nitrogens with one attached hydrogen (secondary N) is 1. The smallest absolute Gasteiger partial charge is 0.309 e. The minimum Gasteiger partial charge on any atom is -0.481 e. The maximum Gasteiger partial charge on any atom is 0.309 e. The van der Waals surface area contributed by atoms with Gasteiger partial charge in [-0.2, -0.15) is 0 Å². The zero-order valence-electron chi connectivity index (χ0n) is 32.2. The number of ketones is 1. The highest BCUT2D eigenvalue weighted by atomic mass is 16.5. The Bertz CT molecular complexity index is 1550. The van der Waals surface area contributed by atoms with E-state index in [0.29, 0.717) is 24.8 Å². The lowest BCUT2D eigenvalue weighted by atomic mass is 9.33. The molecule has 5 aliphatic rings. The maximum absolute atomic E-state index is 14.0. The van der Waals surface area contributed by atoms with Crippen LogP contribution in [0, 0.1) is 56.2 Å². The van der Waals surface area contributed by atoms with Gasteiger partial charge in [-0.15, -0.1) is 0 Å². The van der Waals surface area contributed by atoms with Crippen LogP contribution in [-0.2, 0) is 19.1 Å².